The molecule has 0 rings (SSSR count). The first kappa shape index (κ1) is 55.1. The number of carbonyl (C=O) groups excluding carboxylic acids is 3. The van der Waals surface area contributed by atoms with Crippen LogP contribution in [0.5, 0.6) is 0 Å². The molecule has 2 amide bonds. The first-order valence-electron chi connectivity index (χ1n) is 23.9. The van der Waals surface area contributed by atoms with Gasteiger partial charge in [0.1, 0.15) is 12.1 Å². The molecule has 0 spiro atoms. The van der Waals surface area contributed by atoms with Gasteiger partial charge in [-0.2, -0.15) is 0 Å². The summed E-state index contributed by atoms with van der Waals surface area (Å²) in [6, 6.07) is -1.38. The van der Waals surface area contributed by atoms with Crippen molar-refractivity contribution < 1.29 is 34.1 Å². The molecule has 0 bridgehead atoms. The Kier molecular flexibility index (Phi) is 41.4. The number of hydrogen-bond donors (Lipinski definition) is 4. The highest BCUT2D eigenvalue weighted by Gasteiger charge is 2.19. The summed E-state index contributed by atoms with van der Waals surface area (Å²) in [7, 11) is 0. The Morgan fingerprint density at radius 2 is 0.931 bits per heavy atom. The molecule has 2 atom stereocenters. The highest BCUT2D eigenvalue weighted by molar-refractivity contribution is 5.87. The maximum absolute atomic E-state index is 12.8. The van der Waals surface area contributed by atoms with Crippen molar-refractivity contribution in [3.8, 4) is 0 Å². The van der Waals surface area contributed by atoms with Gasteiger partial charge in [-0.05, 0) is 77.0 Å². The normalized spacial score (nSPS) is 12.7. The zero-order valence-electron chi connectivity index (χ0n) is 37.3. The van der Waals surface area contributed by atoms with E-state index >= 15 is 0 Å². The summed E-state index contributed by atoms with van der Waals surface area (Å²) in [6.07, 6.45) is 50.3. The maximum Gasteiger partial charge on any atom is 0.328 e. The van der Waals surface area contributed by atoms with Crippen molar-refractivity contribution >= 4 is 23.8 Å². The van der Waals surface area contributed by atoms with Crippen LogP contribution in [0.25, 0.3) is 0 Å². The van der Waals surface area contributed by atoms with E-state index in [0.717, 1.165) is 77.0 Å². The van der Waals surface area contributed by atoms with Crippen molar-refractivity contribution in [2.45, 2.75) is 238 Å². The van der Waals surface area contributed by atoms with Gasteiger partial charge in [0.15, 0.2) is 0 Å². The van der Waals surface area contributed by atoms with E-state index in [2.05, 4.69) is 60.9 Å². The zero-order chi connectivity index (χ0) is 42.6. The minimum atomic E-state index is -1.38. The molecule has 0 aromatic carbocycles. The Morgan fingerprint density at radius 3 is 1.40 bits per heavy atom. The van der Waals surface area contributed by atoms with Crippen LogP contribution in [0, 0.1) is 0 Å². The molecule has 0 aliphatic heterocycles. The Morgan fingerprint density at radius 1 is 0.517 bits per heavy atom. The summed E-state index contributed by atoms with van der Waals surface area (Å²) < 4.78 is 6.03. The average molecular weight is 817 g/mol. The number of rotatable bonds is 43. The highest BCUT2D eigenvalue weighted by Crippen LogP contribution is 2.19. The van der Waals surface area contributed by atoms with Crippen LogP contribution in [-0.2, 0) is 23.9 Å². The second-order valence-electron chi connectivity index (χ2n) is 16.2. The molecule has 2 unspecified atom stereocenters. The van der Waals surface area contributed by atoms with Crippen LogP contribution >= 0.6 is 0 Å². The predicted octanol–water partition coefficient (Wildman–Crippen LogP) is 12.2. The largest absolute Gasteiger partial charge is 0.480 e. The van der Waals surface area contributed by atoms with Gasteiger partial charge in [0.25, 0.3) is 0 Å². The molecule has 0 aliphatic carbocycles. The van der Waals surface area contributed by atoms with E-state index in [4.69, 9.17) is 14.9 Å². The van der Waals surface area contributed by atoms with Crippen LogP contribution < -0.4 is 10.6 Å². The smallest absolute Gasteiger partial charge is 0.328 e. The van der Waals surface area contributed by atoms with Gasteiger partial charge in [0.2, 0.25) is 11.8 Å². The Hall–Kier alpha value is -2.94. The molecule has 0 aromatic rings. The van der Waals surface area contributed by atoms with Crippen molar-refractivity contribution in [3.63, 3.8) is 0 Å². The summed E-state index contributed by atoms with van der Waals surface area (Å²) in [5, 5.41) is 22.6. The number of aliphatic hydroxyl groups excluding tert-OH is 1. The van der Waals surface area contributed by atoms with Gasteiger partial charge < -0.3 is 25.6 Å². The molecule has 0 saturated heterocycles. The van der Waals surface area contributed by atoms with Gasteiger partial charge in [-0.3, -0.25) is 14.4 Å². The van der Waals surface area contributed by atoms with E-state index in [-0.39, 0.29) is 24.5 Å². The number of hydrogen-bond acceptors (Lipinski definition) is 6. The van der Waals surface area contributed by atoms with E-state index < -0.39 is 24.5 Å². The van der Waals surface area contributed by atoms with E-state index in [0.29, 0.717) is 19.3 Å². The van der Waals surface area contributed by atoms with Crippen LogP contribution in [0.15, 0.2) is 36.5 Å². The third-order valence-electron chi connectivity index (χ3n) is 10.6. The third-order valence-corrected chi connectivity index (χ3v) is 10.6. The van der Waals surface area contributed by atoms with Crippen molar-refractivity contribution in [1.29, 1.82) is 0 Å². The molecule has 9 nitrogen and oxygen atoms in total. The number of unbranched alkanes of at least 4 members (excludes halogenated alkanes) is 23. The van der Waals surface area contributed by atoms with Crippen LogP contribution in [0.4, 0.5) is 0 Å². The molecular formula is C49H88N2O7. The van der Waals surface area contributed by atoms with Crippen molar-refractivity contribution in [2.75, 3.05) is 13.2 Å². The lowest BCUT2D eigenvalue weighted by molar-refractivity contribution is -0.150. The van der Waals surface area contributed by atoms with Crippen LogP contribution in [0.3, 0.4) is 0 Å². The zero-order valence-corrected chi connectivity index (χ0v) is 37.3. The number of nitrogens with one attached hydrogen (secondary N) is 2. The van der Waals surface area contributed by atoms with Crippen molar-refractivity contribution in [3.05, 3.63) is 36.5 Å². The Labute approximate surface area is 355 Å². The molecular weight excluding hydrogens is 729 g/mol. The minimum Gasteiger partial charge on any atom is -0.480 e. The van der Waals surface area contributed by atoms with Crippen molar-refractivity contribution in [2.24, 2.45) is 0 Å². The molecule has 58 heavy (non-hydrogen) atoms. The van der Waals surface area contributed by atoms with E-state index in [1.807, 2.05) is 0 Å². The number of aliphatic hydroxyl groups is 1. The second-order valence-corrected chi connectivity index (χ2v) is 16.2. The molecule has 0 aliphatic rings. The number of esters is 1. The quantitative estimate of drug-likeness (QED) is 0.0273. The number of aliphatic carboxylic acids is 1. The summed E-state index contributed by atoms with van der Waals surface area (Å²) in [6.45, 7) is 3.47. The van der Waals surface area contributed by atoms with Crippen LogP contribution in [0.1, 0.15) is 226 Å². The number of amides is 2. The minimum absolute atomic E-state index is 0.0178. The second kappa shape index (κ2) is 43.6. The predicted molar refractivity (Wildman–Crippen MR) is 241 cm³/mol. The summed E-state index contributed by atoms with van der Waals surface area (Å²) in [5.74, 6) is -2.30. The summed E-state index contributed by atoms with van der Waals surface area (Å²) in [4.78, 5) is 47.6. The van der Waals surface area contributed by atoms with E-state index in [1.165, 1.54) is 116 Å². The molecule has 0 aromatic heterocycles. The fourth-order valence-corrected chi connectivity index (χ4v) is 6.96. The Bertz CT molecular complexity index is 1070. The molecule has 0 fully saturated rings. The summed E-state index contributed by atoms with van der Waals surface area (Å²) >= 11 is 0. The lowest BCUT2D eigenvalue weighted by Crippen LogP contribution is -2.47. The van der Waals surface area contributed by atoms with Crippen LogP contribution in [0.2, 0.25) is 0 Å². The maximum atomic E-state index is 12.8. The molecule has 0 saturated carbocycles. The van der Waals surface area contributed by atoms with Gasteiger partial charge in [-0.25, -0.2) is 4.79 Å². The van der Waals surface area contributed by atoms with E-state index in [9.17, 15) is 19.2 Å². The standard InChI is InChI=1S/C49H88N2O7/c1-3-5-7-9-11-13-14-15-16-17-18-19-20-21-22-23-24-26-28-33-37-41-48(55)58-44(38-34-30-27-25-12-10-8-6-4-2)39-35-31-29-32-36-40-46(53)50-42-47(54)51-45(43-52)49(56)57/h14-15,17-18,20-21,44-45,52H,3-13,16,19,22-43H2,1-2H3,(H,50,53)(H,51,54)(H,56,57)/b15-14-,18-17-,21-20-. The molecule has 0 heterocycles. The van der Waals surface area contributed by atoms with Crippen molar-refractivity contribution in [1.82, 2.24) is 10.6 Å². The van der Waals surface area contributed by atoms with Gasteiger partial charge in [0.05, 0.1) is 13.2 Å². The number of carboxylic acid groups (broad SMARTS) is 1. The molecule has 336 valence electrons. The third kappa shape index (κ3) is 39.9. The number of carbonyl (C=O) groups is 4. The number of ether oxygens (including phenoxy) is 1. The van der Waals surface area contributed by atoms with E-state index in [1.54, 1.807) is 0 Å². The highest BCUT2D eigenvalue weighted by atomic mass is 16.5. The number of carboxylic acids is 1. The molecule has 4 N–H and O–H groups in total. The lowest BCUT2D eigenvalue weighted by atomic mass is 10.0. The Balaban J connectivity index is 4.20. The monoisotopic (exact) mass is 817 g/mol. The first-order chi connectivity index (χ1) is 28.3. The average Bonchev–Trinajstić information content (AvgIpc) is 3.21. The fourth-order valence-electron chi connectivity index (χ4n) is 6.96. The van der Waals surface area contributed by atoms with Gasteiger partial charge in [-0.15, -0.1) is 0 Å². The van der Waals surface area contributed by atoms with Gasteiger partial charge in [0, 0.05) is 12.8 Å². The lowest BCUT2D eigenvalue weighted by Gasteiger charge is -2.18. The first-order valence-corrected chi connectivity index (χ1v) is 23.9. The molecule has 9 heteroatoms. The topological polar surface area (TPSA) is 142 Å². The SMILES string of the molecule is CCCCCCC/C=C\C/C=C\C/C=C\CCCCCCCCC(=O)OC(CCCCCCCCCCC)CCCCCCCC(=O)NCC(=O)NC(CO)C(=O)O. The van der Waals surface area contributed by atoms with Gasteiger partial charge >= 0.3 is 11.9 Å². The summed E-state index contributed by atoms with van der Waals surface area (Å²) in [5.41, 5.74) is 0. The fraction of sp³-hybridized carbons (Fsp3) is 0.796. The number of allylic oxidation sites excluding steroid dienone is 6. The molecule has 0 radical (unpaired) electrons. The van der Waals surface area contributed by atoms with Crippen LogP contribution in [-0.4, -0.2) is 59.3 Å². The van der Waals surface area contributed by atoms with Gasteiger partial charge in [-0.1, -0.05) is 172 Å².